The van der Waals surface area contributed by atoms with Crippen LogP contribution in [0.3, 0.4) is 0 Å². The number of hydrogen-bond acceptors (Lipinski definition) is 2. The fraction of sp³-hybridized carbons (Fsp3) is 0.231. The molecule has 0 unspecified atom stereocenters. The molecule has 158 valence electrons. The van der Waals surface area contributed by atoms with Crippen LogP contribution in [0, 0.1) is 6.92 Å². The van der Waals surface area contributed by atoms with Gasteiger partial charge in [0.2, 0.25) is 5.91 Å². The van der Waals surface area contributed by atoms with Crippen molar-refractivity contribution in [2.24, 2.45) is 0 Å². The van der Waals surface area contributed by atoms with Crippen molar-refractivity contribution in [2.75, 3.05) is 6.54 Å². The average molecular weight is 432 g/mol. The van der Waals surface area contributed by atoms with E-state index in [-0.39, 0.29) is 5.91 Å². The van der Waals surface area contributed by atoms with Crippen molar-refractivity contribution >= 4 is 28.5 Å². The van der Waals surface area contributed by atoms with E-state index in [2.05, 4.69) is 59.3 Å². The normalized spacial score (nSPS) is 11.0. The lowest BCUT2D eigenvalue weighted by atomic mass is 10.1. The van der Waals surface area contributed by atoms with Gasteiger partial charge in [0, 0.05) is 24.5 Å². The Balaban J connectivity index is 1.40. The molecule has 0 atom stereocenters. The summed E-state index contributed by atoms with van der Waals surface area (Å²) in [5, 5.41) is 3.63. The highest BCUT2D eigenvalue weighted by molar-refractivity contribution is 6.31. The Morgan fingerprint density at radius 1 is 1.03 bits per heavy atom. The summed E-state index contributed by atoms with van der Waals surface area (Å²) >= 11 is 6.15. The number of imidazole rings is 1. The second kappa shape index (κ2) is 9.80. The van der Waals surface area contributed by atoms with Gasteiger partial charge in [-0.3, -0.25) is 4.79 Å². The minimum absolute atomic E-state index is 0.0126. The molecule has 1 aromatic heterocycles. The number of para-hydroxylation sites is 2. The zero-order valence-electron chi connectivity index (χ0n) is 17.6. The number of carbonyl (C=O) groups excluding carboxylic acids is 1. The summed E-state index contributed by atoms with van der Waals surface area (Å²) in [5.41, 5.74) is 5.51. The Labute approximate surface area is 187 Å². The van der Waals surface area contributed by atoms with Crippen LogP contribution in [0.2, 0.25) is 5.02 Å². The highest BCUT2D eigenvalue weighted by Gasteiger charge is 2.12. The maximum absolute atomic E-state index is 12.3. The molecule has 5 heteroatoms. The van der Waals surface area contributed by atoms with Gasteiger partial charge < -0.3 is 9.88 Å². The molecule has 0 saturated carbocycles. The molecule has 31 heavy (non-hydrogen) atoms. The largest absolute Gasteiger partial charge is 0.356 e. The maximum atomic E-state index is 12.3. The van der Waals surface area contributed by atoms with Crippen LogP contribution in [-0.2, 0) is 24.2 Å². The van der Waals surface area contributed by atoms with Crippen molar-refractivity contribution in [1.29, 1.82) is 0 Å². The third-order valence-corrected chi connectivity index (χ3v) is 5.73. The van der Waals surface area contributed by atoms with Gasteiger partial charge in [0.05, 0.1) is 17.5 Å². The van der Waals surface area contributed by atoms with E-state index in [1.165, 1.54) is 11.1 Å². The lowest BCUT2D eigenvalue weighted by Crippen LogP contribution is -2.26. The van der Waals surface area contributed by atoms with Gasteiger partial charge in [-0.1, -0.05) is 71.8 Å². The lowest BCUT2D eigenvalue weighted by molar-refractivity contribution is -0.120. The lowest BCUT2D eigenvalue weighted by Gasteiger charge is -2.11. The molecule has 4 aromatic rings. The second-order valence-corrected chi connectivity index (χ2v) is 8.22. The second-order valence-electron chi connectivity index (χ2n) is 7.81. The predicted octanol–water partition coefficient (Wildman–Crippen LogP) is 5.34. The zero-order valence-corrected chi connectivity index (χ0v) is 18.4. The number of rotatable bonds is 8. The number of nitrogens with one attached hydrogen (secondary N) is 1. The number of aryl methyl sites for hydroxylation is 2. The van der Waals surface area contributed by atoms with Gasteiger partial charge in [0.15, 0.2) is 0 Å². The Bertz CT molecular complexity index is 1200. The average Bonchev–Trinajstić information content (AvgIpc) is 3.10. The fourth-order valence-corrected chi connectivity index (χ4v) is 4.04. The Hall–Kier alpha value is -3.11. The number of aromatic nitrogens is 2. The summed E-state index contributed by atoms with van der Waals surface area (Å²) in [7, 11) is 0. The van der Waals surface area contributed by atoms with E-state index >= 15 is 0 Å². The van der Waals surface area contributed by atoms with Gasteiger partial charge >= 0.3 is 0 Å². The molecular weight excluding hydrogens is 406 g/mol. The van der Waals surface area contributed by atoms with Crippen molar-refractivity contribution in [3.05, 3.63) is 100 Å². The molecule has 3 aromatic carbocycles. The van der Waals surface area contributed by atoms with Crippen LogP contribution in [0.1, 0.15) is 28.9 Å². The van der Waals surface area contributed by atoms with Crippen LogP contribution in [0.15, 0.2) is 72.8 Å². The predicted molar refractivity (Wildman–Crippen MR) is 127 cm³/mol. The number of carbonyl (C=O) groups is 1. The van der Waals surface area contributed by atoms with Gasteiger partial charge in [0.25, 0.3) is 0 Å². The third-order valence-electron chi connectivity index (χ3n) is 5.36. The first-order valence-corrected chi connectivity index (χ1v) is 11.0. The third kappa shape index (κ3) is 5.33. The van der Waals surface area contributed by atoms with E-state index in [1.54, 1.807) is 0 Å². The van der Waals surface area contributed by atoms with E-state index in [9.17, 15) is 4.79 Å². The molecule has 1 amide bonds. The first-order chi connectivity index (χ1) is 15.1. The van der Waals surface area contributed by atoms with Crippen molar-refractivity contribution < 1.29 is 4.79 Å². The number of halogens is 1. The maximum Gasteiger partial charge on any atom is 0.224 e. The summed E-state index contributed by atoms with van der Waals surface area (Å²) in [4.78, 5) is 17.1. The van der Waals surface area contributed by atoms with Gasteiger partial charge in [-0.2, -0.15) is 0 Å². The standard InChI is InChI=1S/C26H26ClN3O/c1-19-8-6-9-20(16-19)18-30-24-13-5-4-12-23(24)29-25(30)14-7-15-28-26(31)17-21-10-2-3-11-22(21)27/h2-6,8-13,16H,7,14-15,17-18H2,1H3,(H,28,31). The number of benzene rings is 3. The Morgan fingerprint density at radius 3 is 2.68 bits per heavy atom. The van der Waals surface area contributed by atoms with Crippen LogP contribution >= 0.6 is 11.6 Å². The molecule has 4 nitrogen and oxygen atoms in total. The van der Waals surface area contributed by atoms with Crippen LogP contribution < -0.4 is 5.32 Å². The van der Waals surface area contributed by atoms with Crippen molar-refractivity contribution in [3.8, 4) is 0 Å². The van der Waals surface area contributed by atoms with E-state index in [1.807, 2.05) is 30.3 Å². The van der Waals surface area contributed by atoms with E-state index < -0.39 is 0 Å². The minimum atomic E-state index is -0.0126. The molecule has 0 aliphatic heterocycles. The molecule has 0 aliphatic rings. The van der Waals surface area contributed by atoms with Crippen LogP contribution in [0.25, 0.3) is 11.0 Å². The molecule has 0 spiro atoms. The van der Waals surface area contributed by atoms with Crippen LogP contribution in [-0.4, -0.2) is 22.0 Å². The molecule has 0 fully saturated rings. The molecule has 0 radical (unpaired) electrons. The van der Waals surface area contributed by atoms with E-state index in [0.29, 0.717) is 18.0 Å². The topological polar surface area (TPSA) is 46.9 Å². The van der Waals surface area contributed by atoms with Crippen molar-refractivity contribution in [3.63, 3.8) is 0 Å². The first-order valence-electron chi connectivity index (χ1n) is 10.6. The molecule has 1 N–H and O–H groups in total. The summed E-state index contributed by atoms with van der Waals surface area (Å²) in [6, 6.07) is 24.3. The van der Waals surface area contributed by atoms with E-state index in [4.69, 9.17) is 16.6 Å². The van der Waals surface area contributed by atoms with Gasteiger partial charge in [-0.15, -0.1) is 0 Å². The first kappa shape index (κ1) is 21.1. The Kier molecular flexibility index (Phi) is 6.68. The number of fused-ring (bicyclic) bond motifs is 1. The zero-order chi connectivity index (χ0) is 21.6. The minimum Gasteiger partial charge on any atom is -0.356 e. The number of hydrogen-bond donors (Lipinski definition) is 1. The molecule has 0 aliphatic carbocycles. The Morgan fingerprint density at radius 2 is 1.84 bits per heavy atom. The van der Waals surface area contributed by atoms with Gasteiger partial charge in [0.1, 0.15) is 5.82 Å². The fourth-order valence-electron chi connectivity index (χ4n) is 3.84. The SMILES string of the molecule is Cc1cccc(Cn2c(CCCNC(=O)Cc3ccccc3Cl)nc3ccccc32)c1. The monoisotopic (exact) mass is 431 g/mol. The highest BCUT2D eigenvalue weighted by atomic mass is 35.5. The van der Waals surface area contributed by atoms with Crippen molar-refractivity contribution in [2.45, 2.75) is 32.7 Å². The molecular formula is C26H26ClN3O. The molecule has 1 heterocycles. The molecule has 4 rings (SSSR count). The summed E-state index contributed by atoms with van der Waals surface area (Å²) in [6.07, 6.45) is 1.92. The van der Waals surface area contributed by atoms with Crippen molar-refractivity contribution in [1.82, 2.24) is 14.9 Å². The van der Waals surface area contributed by atoms with Gasteiger partial charge in [-0.25, -0.2) is 4.98 Å². The number of amides is 1. The van der Waals surface area contributed by atoms with Gasteiger partial charge in [-0.05, 0) is 42.7 Å². The summed E-state index contributed by atoms with van der Waals surface area (Å²) in [6.45, 7) is 3.51. The number of nitrogens with zero attached hydrogens (tertiary/aromatic N) is 2. The van der Waals surface area contributed by atoms with E-state index in [0.717, 1.165) is 41.8 Å². The highest BCUT2D eigenvalue weighted by Crippen LogP contribution is 2.20. The molecule has 0 saturated heterocycles. The summed E-state index contributed by atoms with van der Waals surface area (Å²) in [5.74, 6) is 1.03. The smallest absolute Gasteiger partial charge is 0.224 e. The summed E-state index contributed by atoms with van der Waals surface area (Å²) < 4.78 is 2.29. The van der Waals surface area contributed by atoms with Crippen LogP contribution in [0.5, 0.6) is 0 Å². The molecule has 0 bridgehead atoms. The van der Waals surface area contributed by atoms with Crippen LogP contribution in [0.4, 0.5) is 0 Å². The quantitative estimate of drug-likeness (QED) is 0.383.